The molecule has 0 saturated carbocycles. The Morgan fingerprint density at radius 2 is 1.77 bits per heavy atom. The topological polar surface area (TPSA) is 73.9 Å². The number of amides is 1. The van der Waals surface area contributed by atoms with E-state index >= 15 is 0 Å². The average Bonchev–Trinajstić information content (AvgIpc) is 2.65. The first-order valence-corrected chi connectivity index (χ1v) is 8.38. The van der Waals surface area contributed by atoms with Gasteiger partial charge in [-0.2, -0.15) is 0 Å². The van der Waals surface area contributed by atoms with E-state index in [1.807, 2.05) is 26.0 Å². The highest BCUT2D eigenvalue weighted by molar-refractivity contribution is 5.93. The van der Waals surface area contributed by atoms with Gasteiger partial charge in [-0.25, -0.2) is 4.79 Å². The summed E-state index contributed by atoms with van der Waals surface area (Å²) in [6, 6.07) is 12.0. The number of esters is 1. The van der Waals surface area contributed by atoms with Crippen LogP contribution < -0.4 is 14.8 Å². The van der Waals surface area contributed by atoms with Crippen LogP contribution in [0.1, 0.15) is 29.3 Å². The van der Waals surface area contributed by atoms with Crippen LogP contribution in [0.5, 0.6) is 11.5 Å². The molecule has 0 fully saturated rings. The minimum atomic E-state index is -0.375. The fourth-order valence-electron chi connectivity index (χ4n) is 2.20. The molecule has 2 aromatic carbocycles. The Morgan fingerprint density at radius 1 is 1.04 bits per heavy atom. The summed E-state index contributed by atoms with van der Waals surface area (Å²) in [5, 5.41) is 2.71. The van der Waals surface area contributed by atoms with Gasteiger partial charge < -0.3 is 19.5 Å². The van der Waals surface area contributed by atoms with Crippen molar-refractivity contribution in [2.24, 2.45) is 0 Å². The second-order valence-electron chi connectivity index (χ2n) is 5.70. The quantitative estimate of drug-likeness (QED) is 0.731. The Labute approximate surface area is 153 Å². The summed E-state index contributed by atoms with van der Waals surface area (Å²) in [6.45, 7) is 4.11. The Bertz CT molecular complexity index is 755. The van der Waals surface area contributed by atoms with Crippen LogP contribution in [0.3, 0.4) is 0 Å². The SMILES string of the molecule is CCCOC(=O)c1ccc(NC(=O)COc2ccc(C)cc2OC)cc1. The third-order valence-electron chi connectivity index (χ3n) is 3.52. The Hall–Kier alpha value is -3.02. The molecule has 1 N–H and O–H groups in total. The maximum Gasteiger partial charge on any atom is 0.338 e. The van der Waals surface area contributed by atoms with Gasteiger partial charge in [0.25, 0.3) is 5.91 Å². The highest BCUT2D eigenvalue weighted by Crippen LogP contribution is 2.27. The van der Waals surface area contributed by atoms with Crippen molar-refractivity contribution in [3.63, 3.8) is 0 Å². The van der Waals surface area contributed by atoms with Crippen LogP contribution in [0.2, 0.25) is 0 Å². The maximum atomic E-state index is 12.0. The molecule has 0 aliphatic heterocycles. The molecule has 6 heteroatoms. The van der Waals surface area contributed by atoms with Crippen LogP contribution in [0.15, 0.2) is 42.5 Å². The van der Waals surface area contributed by atoms with E-state index in [9.17, 15) is 9.59 Å². The van der Waals surface area contributed by atoms with E-state index in [1.54, 1.807) is 37.4 Å². The van der Waals surface area contributed by atoms with Crippen molar-refractivity contribution in [3.8, 4) is 11.5 Å². The lowest BCUT2D eigenvalue weighted by atomic mass is 10.2. The van der Waals surface area contributed by atoms with Crippen LogP contribution in [0.25, 0.3) is 0 Å². The lowest BCUT2D eigenvalue weighted by molar-refractivity contribution is -0.118. The minimum absolute atomic E-state index is 0.153. The van der Waals surface area contributed by atoms with Crippen molar-refractivity contribution in [3.05, 3.63) is 53.6 Å². The molecule has 26 heavy (non-hydrogen) atoms. The van der Waals surface area contributed by atoms with E-state index in [2.05, 4.69) is 5.32 Å². The van der Waals surface area contributed by atoms with Crippen molar-refractivity contribution < 1.29 is 23.8 Å². The summed E-state index contributed by atoms with van der Waals surface area (Å²) in [7, 11) is 1.55. The number of aryl methyl sites for hydroxylation is 1. The van der Waals surface area contributed by atoms with Gasteiger partial charge in [0.1, 0.15) is 0 Å². The van der Waals surface area contributed by atoms with E-state index in [4.69, 9.17) is 14.2 Å². The first kappa shape index (κ1) is 19.3. The normalized spacial score (nSPS) is 10.1. The molecule has 2 aromatic rings. The second-order valence-corrected chi connectivity index (χ2v) is 5.70. The van der Waals surface area contributed by atoms with Gasteiger partial charge in [-0.3, -0.25) is 4.79 Å². The van der Waals surface area contributed by atoms with E-state index in [0.29, 0.717) is 29.4 Å². The lowest BCUT2D eigenvalue weighted by Crippen LogP contribution is -2.20. The summed E-state index contributed by atoms with van der Waals surface area (Å²) in [6.07, 6.45) is 0.769. The summed E-state index contributed by atoms with van der Waals surface area (Å²) >= 11 is 0. The van der Waals surface area contributed by atoms with Gasteiger partial charge in [0, 0.05) is 5.69 Å². The molecule has 0 aliphatic carbocycles. The minimum Gasteiger partial charge on any atom is -0.493 e. The Morgan fingerprint density at radius 3 is 2.42 bits per heavy atom. The van der Waals surface area contributed by atoms with Gasteiger partial charge in [0.2, 0.25) is 0 Å². The molecular weight excluding hydrogens is 334 g/mol. The smallest absolute Gasteiger partial charge is 0.338 e. The molecule has 0 spiro atoms. The molecule has 0 unspecified atom stereocenters. The standard InChI is InChI=1S/C20H23NO5/c1-4-11-25-20(23)15-6-8-16(9-7-15)21-19(22)13-26-17-10-5-14(2)12-18(17)24-3/h5-10,12H,4,11,13H2,1-3H3,(H,21,22). The molecule has 0 saturated heterocycles. The first-order chi connectivity index (χ1) is 12.5. The molecule has 2 rings (SSSR count). The zero-order chi connectivity index (χ0) is 18.9. The predicted molar refractivity (Wildman–Crippen MR) is 98.9 cm³/mol. The van der Waals surface area contributed by atoms with Crippen LogP contribution in [0, 0.1) is 6.92 Å². The van der Waals surface area contributed by atoms with Crippen molar-refractivity contribution in [1.29, 1.82) is 0 Å². The number of carbonyl (C=O) groups excluding carboxylic acids is 2. The third-order valence-corrected chi connectivity index (χ3v) is 3.52. The Kier molecular flexibility index (Phi) is 7.02. The molecule has 0 aromatic heterocycles. The van der Waals surface area contributed by atoms with Gasteiger partial charge >= 0.3 is 5.97 Å². The van der Waals surface area contributed by atoms with Gasteiger partial charge in [-0.05, 0) is 55.3 Å². The van der Waals surface area contributed by atoms with Crippen molar-refractivity contribution in [2.45, 2.75) is 20.3 Å². The number of anilines is 1. The molecule has 0 aliphatic rings. The average molecular weight is 357 g/mol. The zero-order valence-electron chi connectivity index (χ0n) is 15.2. The molecular formula is C20H23NO5. The highest BCUT2D eigenvalue weighted by atomic mass is 16.5. The lowest BCUT2D eigenvalue weighted by Gasteiger charge is -2.11. The second kappa shape index (κ2) is 9.46. The van der Waals surface area contributed by atoms with Crippen LogP contribution in [-0.4, -0.2) is 32.2 Å². The molecule has 6 nitrogen and oxygen atoms in total. The number of hydrogen-bond donors (Lipinski definition) is 1. The van der Waals surface area contributed by atoms with E-state index < -0.39 is 0 Å². The molecule has 0 heterocycles. The van der Waals surface area contributed by atoms with Crippen LogP contribution in [-0.2, 0) is 9.53 Å². The van der Waals surface area contributed by atoms with Gasteiger partial charge in [-0.1, -0.05) is 13.0 Å². The van der Waals surface area contributed by atoms with Gasteiger partial charge in [0.15, 0.2) is 18.1 Å². The van der Waals surface area contributed by atoms with E-state index in [1.165, 1.54) is 0 Å². The van der Waals surface area contributed by atoms with Gasteiger partial charge in [0.05, 0.1) is 19.3 Å². The number of benzene rings is 2. The number of ether oxygens (including phenoxy) is 3. The van der Waals surface area contributed by atoms with Gasteiger partial charge in [-0.15, -0.1) is 0 Å². The van der Waals surface area contributed by atoms with E-state index in [-0.39, 0.29) is 18.5 Å². The molecule has 0 radical (unpaired) electrons. The zero-order valence-corrected chi connectivity index (χ0v) is 15.2. The van der Waals surface area contributed by atoms with Crippen molar-refractivity contribution >= 4 is 17.6 Å². The monoisotopic (exact) mass is 357 g/mol. The molecule has 0 atom stereocenters. The highest BCUT2D eigenvalue weighted by Gasteiger charge is 2.10. The number of methoxy groups -OCH3 is 1. The molecule has 1 amide bonds. The predicted octanol–water partition coefficient (Wildman–Crippen LogP) is 3.59. The number of carbonyl (C=O) groups is 2. The number of hydrogen-bond acceptors (Lipinski definition) is 5. The summed E-state index contributed by atoms with van der Waals surface area (Å²) in [4.78, 5) is 23.8. The number of nitrogens with one attached hydrogen (secondary N) is 1. The third kappa shape index (κ3) is 5.51. The molecule has 138 valence electrons. The van der Waals surface area contributed by atoms with Crippen LogP contribution >= 0.6 is 0 Å². The maximum absolute atomic E-state index is 12.0. The fraction of sp³-hybridized carbons (Fsp3) is 0.300. The van der Waals surface area contributed by atoms with E-state index in [0.717, 1.165) is 12.0 Å². The van der Waals surface area contributed by atoms with Crippen LogP contribution in [0.4, 0.5) is 5.69 Å². The largest absolute Gasteiger partial charge is 0.493 e. The fourth-order valence-corrected chi connectivity index (χ4v) is 2.20. The Balaban J connectivity index is 1.89. The van der Waals surface area contributed by atoms with Crippen molar-refractivity contribution in [1.82, 2.24) is 0 Å². The summed E-state index contributed by atoms with van der Waals surface area (Å²) in [5.74, 6) is 0.392. The first-order valence-electron chi connectivity index (χ1n) is 8.38. The summed E-state index contributed by atoms with van der Waals surface area (Å²) in [5.41, 5.74) is 2.05. The molecule has 0 bridgehead atoms. The number of rotatable bonds is 8. The van der Waals surface area contributed by atoms with Crippen molar-refractivity contribution in [2.75, 3.05) is 25.6 Å². The summed E-state index contributed by atoms with van der Waals surface area (Å²) < 4.78 is 15.8.